The van der Waals surface area contributed by atoms with E-state index in [1.807, 2.05) is 0 Å². The lowest BCUT2D eigenvalue weighted by atomic mass is 10.2. The van der Waals surface area contributed by atoms with Crippen LogP contribution in [0.1, 0.15) is 10.4 Å². The van der Waals surface area contributed by atoms with E-state index in [2.05, 4.69) is 42.1 Å². The Morgan fingerprint density at radius 1 is 1.04 bits per heavy atom. The SMILES string of the molecule is Nc1c(NNC(=O)c2ccc(Br)cc2)ncnc1Nc1cc(Cl)ccc1Cl. The zero-order chi connectivity index (χ0) is 19.4. The second-order valence-corrected chi connectivity index (χ2v) is 7.08. The van der Waals surface area contributed by atoms with E-state index < -0.39 is 0 Å². The standard InChI is InChI=1S/C17H13BrCl2N6O/c18-10-3-1-9(2-4-10)17(27)26-25-16-14(21)15(22-8-23-16)24-13-7-11(19)5-6-12(13)20/h1-8H,21H2,(H,26,27)(H2,22,23,24,25). The average Bonchev–Trinajstić information content (AvgIpc) is 2.65. The molecule has 2 aromatic carbocycles. The number of nitrogen functional groups attached to an aromatic ring is 1. The Morgan fingerprint density at radius 2 is 1.74 bits per heavy atom. The highest BCUT2D eigenvalue weighted by atomic mass is 79.9. The number of benzene rings is 2. The molecule has 0 fully saturated rings. The van der Waals surface area contributed by atoms with Crippen LogP contribution in [0.3, 0.4) is 0 Å². The van der Waals surface area contributed by atoms with E-state index in [1.165, 1.54) is 6.33 Å². The van der Waals surface area contributed by atoms with Crippen LogP contribution in [0, 0.1) is 0 Å². The third kappa shape index (κ3) is 4.79. The molecule has 3 rings (SSSR count). The van der Waals surface area contributed by atoms with Gasteiger partial charge in [0.05, 0.1) is 10.7 Å². The van der Waals surface area contributed by atoms with E-state index in [0.717, 1.165) is 4.47 Å². The Labute approximate surface area is 173 Å². The Bertz CT molecular complexity index is 984. The fourth-order valence-corrected chi connectivity index (χ4v) is 2.71. The molecule has 10 heteroatoms. The van der Waals surface area contributed by atoms with Gasteiger partial charge in [0.25, 0.3) is 5.91 Å². The summed E-state index contributed by atoms with van der Waals surface area (Å²) in [5.41, 5.74) is 12.5. The van der Waals surface area contributed by atoms with Crippen molar-refractivity contribution >= 4 is 68.0 Å². The molecule has 0 aliphatic rings. The Hall–Kier alpha value is -2.55. The molecule has 0 saturated carbocycles. The van der Waals surface area contributed by atoms with E-state index in [0.29, 0.717) is 27.1 Å². The van der Waals surface area contributed by atoms with Crippen molar-refractivity contribution in [1.29, 1.82) is 0 Å². The first kappa shape index (κ1) is 19.2. The Balaban J connectivity index is 1.74. The number of anilines is 4. The summed E-state index contributed by atoms with van der Waals surface area (Å²) < 4.78 is 0.877. The van der Waals surface area contributed by atoms with Gasteiger partial charge in [-0.15, -0.1) is 0 Å². The number of hydrogen-bond donors (Lipinski definition) is 4. The molecule has 1 amide bonds. The van der Waals surface area contributed by atoms with Gasteiger partial charge in [0, 0.05) is 15.1 Å². The summed E-state index contributed by atoms with van der Waals surface area (Å²) in [6, 6.07) is 11.9. The first-order chi connectivity index (χ1) is 12.9. The van der Waals surface area contributed by atoms with Crippen LogP contribution in [0.2, 0.25) is 10.0 Å². The third-order valence-corrected chi connectivity index (χ3v) is 4.56. The van der Waals surface area contributed by atoms with Crippen molar-refractivity contribution in [3.05, 3.63) is 68.9 Å². The molecule has 0 bridgehead atoms. The molecule has 27 heavy (non-hydrogen) atoms. The predicted octanol–water partition coefficient (Wildman–Crippen LogP) is 4.63. The molecule has 0 spiro atoms. The zero-order valence-corrected chi connectivity index (χ0v) is 16.7. The van der Waals surface area contributed by atoms with Gasteiger partial charge in [-0.2, -0.15) is 0 Å². The average molecular weight is 468 g/mol. The van der Waals surface area contributed by atoms with Gasteiger partial charge in [-0.3, -0.25) is 15.6 Å². The third-order valence-electron chi connectivity index (χ3n) is 3.47. The molecule has 0 aliphatic carbocycles. The van der Waals surface area contributed by atoms with Crippen LogP contribution < -0.4 is 21.9 Å². The van der Waals surface area contributed by atoms with Crippen LogP contribution in [-0.4, -0.2) is 15.9 Å². The van der Waals surface area contributed by atoms with E-state index >= 15 is 0 Å². The van der Waals surface area contributed by atoms with Gasteiger partial charge in [0.15, 0.2) is 11.6 Å². The lowest BCUT2D eigenvalue weighted by Gasteiger charge is -2.14. The number of halogens is 3. The van der Waals surface area contributed by atoms with Crippen LogP contribution >= 0.6 is 39.1 Å². The van der Waals surface area contributed by atoms with Crippen LogP contribution in [0.25, 0.3) is 0 Å². The lowest BCUT2D eigenvalue weighted by molar-refractivity contribution is 0.0962. The van der Waals surface area contributed by atoms with Crippen molar-refractivity contribution in [3.63, 3.8) is 0 Å². The summed E-state index contributed by atoms with van der Waals surface area (Å²) in [5.74, 6) is 0.207. The van der Waals surface area contributed by atoms with Crippen LogP contribution in [0.15, 0.2) is 53.3 Å². The van der Waals surface area contributed by atoms with Gasteiger partial charge in [-0.1, -0.05) is 39.1 Å². The van der Waals surface area contributed by atoms with Gasteiger partial charge < -0.3 is 11.1 Å². The fraction of sp³-hybridized carbons (Fsp3) is 0. The molecule has 0 unspecified atom stereocenters. The maximum Gasteiger partial charge on any atom is 0.269 e. The second-order valence-electron chi connectivity index (χ2n) is 5.32. The van der Waals surface area contributed by atoms with Gasteiger partial charge in [-0.05, 0) is 42.5 Å². The van der Waals surface area contributed by atoms with Crippen LogP contribution in [-0.2, 0) is 0 Å². The van der Waals surface area contributed by atoms with Gasteiger partial charge in [0.1, 0.15) is 12.0 Å². The van der Waals surface area contributed by atoms with Gasteiger partial charge in [0.2, 0.25) is 0 Å². The summed E-state index contributed by atoms with van der Waals surface area (Å²) in [7, 11) is 0. The van der Waals surface area contributed by atoms with Crippen LogP contribution in [0.4, 0.5) is 23.0 Å². The topological polar surface area (TPSA) is 105 Å². The summed E-state index contributed by atoms with van der Waals surface area (Å²) >= 11 is 15.4. The first-order valence-electron chi connectivity index (χ1n) is 7.58. The number of aromatic nitrogens is 2. The summed E-state index contributed by atoms with van der Waals surface area (Å²) in [4.78, 5) is 20.3. The van der Waals surface area contributed by atoms with E-state index in [4.69, 9.17) is 28.9 Å². The number of nitrogens with one attached hydrogen (secondary N) is 3. The molecule has 0 radical (unpaired) electrons. The number of nitrogens with two attached hydrogens (primary N) is 1. The molecule has 0 aliphatic heterocycles. The highest BCUT2D eigenvalue weighted by Gasteiger charge is 2.12. The van der Waals surface area contributed by atoms with E-state index in [-0.39, 0.29) is 17.4 Å². The van der Waals surface area contributed by atoms with Gasteiger partial charge in [-0.25, -0.2) is 9.97 Å². The van der Waals surface area contributed by atoms with Crippen molar-refractivity contribution in [2.24, 2.45) is 0 Å². The van der Waals surface area contributed by atoms with E-state index in [9.17, 15) is 4.79 Å². The maximum absolute atomic E-state index is 12.2. The number of amides is 1. The number of carbonyl (C=O) groups is 1. The predicted molar refractivity (Wildman–Crippen MR) is 111 cm³/mol. The highest BCUT2D eigenvalue weighted by Crippen LogP contribution is 2.31. The van der Waals surface area contributed by atoms with Crippen molar-refractivity contribution < 1.29 is 4.79 Å². The summed E-state index contributed by atoms with van der Waals surface area (Å²) in [5, 5.41) is 3.96. The number of hydrogen-bond acceptors (Lipinski definition) is 6. The summed E-state index contributed by atoms with van der Waals surface area (Å²) in [6.07, 6.45) is 1.30. The van der Waals surface area contributed by atoms with E-state index in [1.54, 1.807) is 42.5 Å². The Morgan fingerprint density at radius 3 is 2.48 bits per heavy atom. The minimum atomic E-state index is -0.340. The molecule has 3 aromatic rings. The molecule has 1 aromatic heterocycles. The largest absolute Gasteiger partial charge is 0.393 e. The smallest absolute Gasteiger partial charge is 0.269 e. The normalized spacial score (nSPS) is 10.3. The zero-order valence-electron chi connectivity index (χ0n) is 13.6. The lowest BCUT2D eigenvalue weighted by Crippen LogP contribution is -2.30. The Kier molecular flexibility index (Phi) is 6.00. The van der Waals surface area contributed by atoms with Crippen molar-refractivity contribution in [2.75, 3.05) is 16.5 Å². The van der Waals surface area contributed by atoms with Crippen molar-refractivity contribution in [2.45, 2.75) is 0 Å². The minimum absolute atomic E-state index is 0.199. The molecular formula is C17H13BrCl2N6O. The minimum Gasteiger partial charge on any atom is -0.393 e. The molecule has 7 nitrogen and oxygen atoms in total. The molecule has 0 saturated heterocycles. The second kappa shape index (κ2) is 8.43. The fourth-order valence-electron chi connectivity index (χ4n) is 2.11. The number of carbonyl (C=O) groups excluding carboxylic acids is 1. The van der Waals surface area contributed by atoms with Crippen molar-refractivity contribution in [3.8, 4) is 0 Å². The highest BCUT2D eigenvalue weighted by molar-refractivity contribution is 9.10. The molecular weight excluding hydrogens is 455 g/mol. The first-order valence-corrected chi connectivity index (χ1v) is 9.13. The maximum atomic E-state index is 12.2. The van der Waals surface area contributed by atoms with Crippen molar-refractivity contribution in [1.82, 2.24) is 15.4 Å². The summed E-state index contributed by atoms with van der Waals surface area (Å²) in [6.45, 7) is 0. The van der Waals surface area contributed by atoms with Gasteiger partial charge >= 0.3 is 0 Å². The number of nitrogens with zero attached hydrogens (tertiary/aromatic N) is 2. The quantitative estimate of drug-likeness (QED) is 0.408. The molecule has 1 heterocycles. The molecule has 138 valence electrons. The monoisotopic (exact) mass is 466 g/mol. The molecule has 5 N–H and O–H groups in total. The van der Waals surface area contributed by atoms with Crippen LogP contribution in [0.5, 0.6) is 0 Å². The molecule has 0 atom stereocenters. The number of hydrazine groups is 1. The number of rotatable bonds is 5.